The van der Waals surface area contributed by atoms with Crippen LogP contribution in [0.3, 0.4) is 0 Å². The number of nitrogens with zero attached hydrogens (tertiary/aromatic N) is 2. The lowest BCUT2D eigenvalue weighted by Crippen LogP contribution is -2.43. The van der Waals surface area contributed by atoms with Crippen LogP contribution >= 0.6 is 0 Å². The molecule has 0 aliphatic heterocycles. The number of rotatable bonds is 3. The van der Waals surface area contributed by atoms with Crippen molar-refractivity contribution in [3.05, 3.63) is 251 Å². The number of benzene rings is 8. The Morgan fingerprint density at radius 3 is 1.02 bits per heavy atom. The molecule has 260 valence electrons. The van der Waals surface area contributed by atoms with Gasteiger partial charge < -0.3 is 0 Å². The highest BCUT2D eigenvalue weighted by atomic mass is 14.9. The molecule has 12 rings (SSSR count). The SMILES string of the molecule is c1ccc(-c2cc(-c3ccccc3)nc(-c3ccc4c(c3)C3(c5ccccc5-4)c4ccccc4C4(c5ccccc5-c5ccccc54)c4ccccc43)n2)cc1. The fourth-order valence-corrected chi connectivity index (χ4v) is 10.5. The van der Waals surface area contributed by atoms with Gasteiger partial charge in [0.2, 0.25) is 0 Å². The summed E-state index contributed by atoms with van der Waals surface area (Å²) >= 11 is 0. The summed E-state index contributed by atoms with van der Waals surface area (Å²) in [6.07, 6.45) is 0. The molecule has 0 bridgehead atoms. The molecule has 2 spiro atoms. The normalized spacial score (nSPS) is 14.4. The molecule has 0 saturated heterocycles. The Labute approximate surface area is 326 Å². The largest absolute Gasteiger partial charge is 0.228 e. The fraction of sp³-hybridized carbons (Fsp3) is 0.0370. The monoisotopic (exact) mass is 710 g/mol. The van der Waals surface area contributed by atoms with Crippen LogP contribution in [0, 0.1) is 0 Å². The third-order valence-corrected chi connectivity index (χ3v) is 12.6. The van der Waals surface area contributed by atoms with Crippen LogP contribution in [0.25, 0.3) is 56.2 Å². The molecule has 56 heavy (non-hydrogen) atoms. The van der Waals surface area contributed by atoms with Gasteiger partial charge >= 0.3 is 0 Å². The molecule has 9 aromatic rings. The number of hydrogen-bond acceptors (Lipinski definition) is 2. The topological polar surface area (TPSA) is 25.8 Å². The second kappa shape index (κ2) is 11.7. The van der Waals surface area contributed by atoms with Crippen LogP contribution in [0.5, 0.6) is 0 Å². The number of fused-ring (bicyclic) bond motifs is 16. The van der Waals surface area contributed by atoms with Gasteiger partial charge in [-0.15, -0.1) is 0 Å². The van der Waals surface area contributed by atoms with E-state index in [1.165, 1.54) is 66.8 Å². The lowest BCUT2D eigenvalue weighted by atomic mass is 9.52. The first-order chi connectivity index (χ1) is 27.8. The Kier molecular flexibility index (Phi) is 6.50. The Morgan fingerprint density at radius 1 is 0.250 bits per heavy atom. The van der Waals surface area contributed by atoms with Crippen molar-refractivity contribution in [3.63, 3.8) is 0 Å². The molecule has 0 saturated carbocycles. The van der Waals surface area contributed by atoms with E-state index in [1.807, 2.05) is 12.1 Å². The highest BCUT2D eigenvalue weighted by Gasteiger charge is 2.58. The molecule has 8 aromatic carbocycles. The van der Waals surface area contributed by atoms with E-state index in [0.717, 1.165) is 28.1 Å². The van der Waals surface area contributed by atoms with Gasteiger partial charge in [0.15, 0.2) is 5.82 Å². The number of hydrogen-bond donors (Lipinski definition) is 0. The summed E-state index contributed by atoms with van der Waals surface area (Å²) in [4.78, 5) is 10.6. The summed E-state index contributed by atoms with van der Waals surface area (Å²) in [6, 6.07) is 75.6. The highest BCUT2D eigenvalue weighted by Crippen LogP contribution is 2.67. The molecule has 3 aliphatic rings. The summed E-state index contributed by atoms with van der Waals surface area (Å²) in [5.74, 6) is 0.714. The third kappa shape index (κ3) is 4.00. The lowest BCUT2D eigenvalue weighted by Gasteiger charge is -2.48. The van der Waals surface area contributed by atoms with Crippen LogP contribution in [0.2, 0.25) is 0 Å². The van der Waals surface area contributed by atoms with E-state index >= 15 is 0 Å². The van der Waals surface area contributed by atoms with Gasteiger partial charge in [-0.1, -0.05) is 194 Å². The van der Waals surface area contributed by atoms with E-state index in [2.05, 4.69) is 194 Å². The van der Waals surface area contributed by atoms with Crippen molar-refractivity contribution in [1.82, 2.24) is 9.97 Å². The van der Waals surface area contributed by atoms with E-state index < -0.39 is 10.8 Å². The third-order valence-electron chi connectivity index (χ3n) is 12.6. The average Bonchev–Trinajstić information content (AvgIpc) is 3.74. The molecule has 0 atom stereocenters. The van der Waals surface area contributed by atoms with Crippen LogP contribution in [-0.4, -0.2) is 9.97 Å². The van der Waals surface area contributed by atoms with Gasteiger partial charge in [0, 0.05) is 16.7 Å². The summed E-state index contributed by atoms with van der Waals surface area (Å²) < 4.78 is 0. The molecule has 1 aromatic heterocycles. The van der Waals surface area contributed by atoms with Gasteiger partial charge in [-0.25, -0.2) is 9.97 Å². The minimum Gasteiger partial charge on any atom is -0.228 e. The summed E-state index contributed by atoms with van der Waals surface area (Å²) in [5, 5.41) is 0. The molecule has 3 aliphatic carbocycles. The lowest BCUT2D eigenvalue weighted by molar-refractivity contribution is 0.633. The van der Waals surface area contributed by atoms with Crippen molar-refractivity contribution in [2.75, 3.05) is 0 Å². The Balaban J connectivity index is 1.17. The van der Waals surface area contributed by atoms with Gasteiger partial charge in [-0.05, 0) is 78.9 Å². The zero-order valence-corrected chi connectivity index (χ0v) is 30.5. The maximum atomic E-state index is 5.29. The van der Waals surface area contributed by atoms with E-state index in [0.29, 0.717) is 5.82 Å². The van der Waals surface area contributed by atoms with Crippen LogP contribution in [-0.2, 0) is 10.8 Å². The molecule has 0 fully saturated rings. The van der Waals surface area contributed by atoms with Crippen LogP contribution in [0.4, 0.5) is 0 Å². The molecule has 0 unspecified atom stereocenters. The van der Waals surface area contributed by atoms with Crippen LogP contribution in [0.1, 0.15) is 44.5 Å². The van der Waals surface area contributed by atoms with E-state index in [1.54, 1.807) is 0 Å². The molecule has 0 N–H and O–H groups in total. The Bertz CT molecular complexity index is 2880. The first-order valence-corrected chi connectivity index (χ1v) is 19.4. The standard InChI is InChI=1S/C54H34N2/c1-3-17-35(18-4-1)50-34-51(36-19-5-2-6-20-36)56-52(55-50)37-31-32-41-40-23-9-12-26-44(40)54(49(41)33-37)47-29-15-13-27-45(47)53(46-28-14-16-30-48(46)54)42-24-10-7-21-38(42)39-22-8-11-25-43(39)53/h1-34H. The summed E-state index contributed by atoms with van der Waals surface area (Å²) in [5.41, 5.74) is 19.6. The summed E-state index contributed by atoms with van der Waals surface area (Å²) in [6.45, 7) is 0. The zero-order valence-electron chi connectivity index (χ0n) is 30.5. The summed E-state index contributed by atoms with van der Waals surface area (Å²) in [7, 11) is 0. The first kappa shape index (κ1) is 31.2. The van der Waals surface area contributed by atoms with Crippen molar-refractivity contribution in [2.45, 2.75) is 10.8 Å². The zero-order chi connectivity index (χ0) is 36.8. The first-order valence-electron chi connectivity index (χ1n) is 19.4. The van der Waals surface area contributed by atoms with Gasteiger partial charge in [0.05, 0.1) is 22.2 Å². The average molecular weight is 711 g/mol. The van der Waals surface area contributed by atoms with Gasteiger partial charge in [0.1, 0.15) is 0 Å². The van der Waals surface area contributed by atoms with Crippen molar-refractivity contribution >= 4 is 0 Å². The molecule has 0 amide bonds. The van der Waals surface area contributed by atoms with Gasteiger partial charge in [-0.3, -0.25) is 0 Å². The van der Waals surface area contributed by atoms with E-state index in [-0.39, 0.29) is 0 Å². The van der Waals surface area contributed by atoms with Crippen LogP contribution in [0.15, 0.2) is 206 Å². The van der Waals surface area contributed by atoms with Crippen molar-refractivity contribution in [3.8, 4) is 56.2 Å². The number of aromatic nitrogens is 2. The van der Waals surface area contributed by atoms with Crippen LogP contribution < -0.4 is 0 Å². The Morgan fingerprint density at radius 2 is 0.589 bits per heavy atom. The maximum absolute atomic E-state index is 5.29. The predicted molar refractivity (Wildman–Crippen MR) is 227 cm³/mol. The van der Waals surface area contributed by atoms with Gasteiger partial charge in [0.25, 0.3) is 0 Å². The van der Waals surface area contributed by atoms with Crippen molar-refractivity contribution in [1.29, 1.82) is 0 Å². The predicted octanol–water partition coefficient (Wildman–Crippen LogP) is 12.5. The second-order valence-electron chi connectivity index (χ2n) is 15.2. The Hall–Kier alpha value is -7.16. The minimum absolute atomic E-state index is 0.474. The smallest absolute Gasteiger partial charge is 0.160 e. The molecule has 2 heteroatoms. The van der Waals surface area contributed by atoms with Gasteiger partial charge in [-0.2, -0.15) is 0 Å². The van der Waals surface area contributed by atoms with Crippen molar-refractivity contribution < 1.29 is 0 Å². The van der Waals surface area contributed by atoms with E-state index in [9.17, 15) is 0 Å². The molecular formula is C54H34N2. The molecule has 2 nitrogen and oxygen atoms in total. The fourth-order valence-electron chi connectivity index (χ4n) is 10.5. The highest BCUT2D eigenvalue weighted by molar-refractivity contribution is 5.94. The maximum Gasteiger partial charge on any atom is 0.160 e. The van der Waals surface area contributed by atoms with E-state index in [4.69, 9.17) is 9.97 Å². The molecular weight excluding hydrogens is 677 g/mol. The quantitative estimate of drug-likeness (QED) is 0.182. The second-order valence-corrected chi connectivity index (χ2v) is 15.2. The van der Waals surface area contributed by atoms with Crippen molar-refractivity contribution in [2.24, 2.45) is 0 Å². The molecule has 1 heterocycles. The minimum atomic E-state index is -0.577. The molecule has 0 radical (unpaired) electrons.